The molecule has 3 N–H and O–H groups in total. The van der Waals surface area contributed by atoms with E-state index in [9.17, 15) is 9.59 Å². The van der Waals surface area contributed by atoms with E-state index in [1.165, 1.54) is 0 Å². The van der Waals surface area contributed by atoms with Gasteiger partial charge in [0.1, 0.15) is 12.4 Å². The molecule has 7 heteroatoms. The van der Waals surface area contributed by atoms with Gasteiger partial charge < -0.3 is 25.4 Å². The van der Waals surface area contributed by atoms with Gasteiger partial charge in [-0.25, -0.2) is 0 Å². The van der Waals surface area contributed by atoms with Crippen LogP contribution in [0.1, 0.15) is 22.8 Å². The Morgan fingerprint density at radius 1 is 0.818 bits per heavy atom. The van der Waals surface area contributed by atoms with Gasteiger partial charge in [0.05, 0.1) is 13.2 Å². The lowest BCUT2D eigenvalue weighted by atomic mass is 10.1. The first-order valence-electron chi connectivity index (χ1n) is 10.9. The lowest BCUT2D eigenvalue weighted by molar-refractivity contribution is -0.114. The van der Waals surface area contributed by atoms with Gasteiger partial charge in [-0.15, -0.1) is 0 Å². The van der Waals surface area contributed by atoms with Crippen LogP contribution in [0.25, 0.3) is 0 Å². The highest BCUT2D eigenvalue weighted by atomic mass is 16.5. The third kappa shape index (κ3) is 7.97. The Hall–Kier alpha value is -3.84. The average Bonchev–Trinajstić information content (AvgIpc) is 2.82. The summed E-state index contributed by atoms with van der Waals surface area (Å²) in [5, 5.41) is 8.79. The first-order valence-corrected chi connectivity index (χ1v) is 10.9. The van der Waals surface area contributed by atoms with E-state index in [0.717, 1.165) is 11.3 Å². The molecule has 3 aromatic rings. The van der Waals surface area contributed by atoms with Crippen LogP contribution in [0.15, 0.2) is 72.8 Å². The van der Waals surface area contributed by atoms with E-state index in [4.69, 9.17) is 9.47 Å². The minimum absolute atomic E-state index is 0.102. The van der Waals surface area contributed by atoms with Gasteiger partial charge in [-0.3, -0.25) is 9.59 Å². The Bertz CT molecular complexity index is 1070. The first kappa shape index (κ1) is 23.8. The fraction of sp³-hybridized carbons (Fsp3) is 0.231. The second kappa shape index (κ2) is 12.3. The molecule has 3 aromatic carbocycles. The van der Waals surface area contributed by atoms with Crippen molar-refractivity contribution in [1.29, 1.82) is 0 Å². The molecule has 0 saturated heterocycles. The van der Waals surface area contributed by atoms with Crippen LogP contribution in [0.4, 0.5) is 17.1 Å². The van der Waals surface area contributed by atoms with Crippen molar-refractivity contribution in [3.05, 3.63) is 83.9 Å². The summed E-state index contributed by atoms with van der Waals surface area (Å²) in [5.74, 6) is 0.324. The number of amides is 2. The van der Waals surface area contributed by atoms with Crippen molar-refractivity contribution < 1.29 is 19.1 Å². The molecule has 2 amide bonds. The molecule has 0 aromatic heterocycles. The third-order valence-electron chi connectivity index (χ3n) is 4.69. The van der Waals surface area contributed by atoms with E-state index in [0.29, 0.717) is 42.5 Å². The summed E-state index contributed by atoms with van der Waals surface area (Å²) in [6.07, 6.45) is 0. The van der Waals surface area contributed by atoms with E-state index in [-0.39, 0.29) is 18.4 Å². The number of hydrogen-bond donors (Lipinski definition) is 3. The molecule has 0 aliphatic rings. The van der Waals surface area contributed by atoms with Gasteiger partial charge in [-0.2, -0.15) is 0 Å². The quantitative estimate of drug-likeness (QED) is 0.371. The lowest BCUT2D eigenvalue weighted by Gasteiger charge is -2.11. The SMILES string of the molecule is CCOCCOc1cccc(NC(=O)CNc2ccc(NC(=O)c3cccc(C)c3)cc2)c1. The predicted octanol–water partition coefficient (Wildman–Crippen LogP) is 4.71. The largest absolute Gasteiger partial charge is 0.491 e. The number of hydrogen-bond acceptors (Lipinski definition) is 5. The monoisotopic (exact) mass is 447 g/mol. The molecule has 0 radical (unpaired) electrons. The number of rotatable bonds is 11. The second-order valence-corrected chi connectivity index (χ2v) is 7.38. The molecule has 0 atom stereocenters. The molecule has 3 rings (SSSR count). The van der Waals surface area contributed by atoms with Crippen LogP contribution in [0, 0.1) is 6.92 Å². The van der Waals surface area contributed by atoms with Gasteiger partial charge in [0.15, 0.2) is 0 Å². The van der Waals surface area contributed by atoms with Gasteiger partial charge in [0, 0.05) is 35.3 Å². The molecule has 33 heavy (non-hydrogen) atoms. The van der Waals surface area contributed by atoms with Crippen molar-refractivity contribution in [2.24, 2.45) is 0 Å². The molecular formula is C26H29N3O4. The van der Waals surface area contributed by atoms with E-state index >= 15 is 0 Å². The van der Waals surface area contributed by atoms with Gasteiger partial charge in [0.2, 0.25) is 5.91 Å². The number of ether oxygens (including phenoxy) is 2. The van der Waals surface area contributed by atoms with Crippen molar-refractivity contribution >= 4 is 28.9 Å². The van der Waals surface area contributed by atoms with Crippen molar-refractivity contribution in [1.82, 2.24) is 0 Å². The Morgan fingerprint density at radius 2 is 1.58 bits per heavy atom. The molecule has 0 aliphatic heterocycles. The first-order chi connectivity index (χ1) is 16.0. The van der Waals surface area contributed by atoms with E-state index < -0.39 is 0 Å². The van der Waals surface area contributed by atoms with E-state index in [1.807, 2.05) is 56.3 Å². The molecule has 0 bridgehead atoms. The highest BCUT2D eigenvalue weighted by Gasteiger charge is 2.07. The molecule has 7 nitrogen and oxygen atoms in total. The van der Waals surface area contributed by atoms with Crippen molar-refractivity contribution in [3.8, 4) is 5.75 Å². The Morgan fingerprint density at radius 3 is 2.33 bits per heavy atom. The summed E-state index contributed by atoms with van der Waals surface area (Å²) in [4.78, 5) is 24.7. The highest BCUT2D eigenvalue weighted by Crippen LogP contribution is 2.18. The van der Waals surface area contributed by atoms with Gasteiger partial charge in [0.25, 0.3) is 5.91 Å². The summed E-state index contributed by atoms with van der Waals surface area (Å²) < 4.78 is 10.9. The topological polar surface area (TPSA) is 88.7 Å². The number of carbonyl (C=O) groups excluding carboxylic acids is 2. The lowest BCUT2D eigenvalue weighted by Crippen LogP contribution is -2.21. The molecule has 0 fully saturated rings. The van der Waals surface area contributed by atoms with Crippen LogP contribution in [-0.2, 0) is 9.53 Å². The molecule has 0 unspecified atom stereocenters. The second-order valence-electron chi connectivity index (χ2n) is 7.38. The van der Waals surface area contributed by atoms with Crippen LogP contribution < -0.4 is 20.7 Å². The molecular weight excluding hydrogens is 418 g/mol. The van der Waals surface area contributed by atoms with Crippen LogP contribution in [0.2, 0.25) is 0 Å². The van der Waals surface area contributed by atoms with Crippen molar-refractivity contribution in [2.45, 2.75) is 13.8 Å². The molecule has 0 heterocycles. The molecule has 0 aliphatic carbocycles. The zero-order chi connectivity index (χ0) is 23.5. The Balaban J connectivity index is 1.45. The number of nitrogens with one attached hydrogen (secondary N) is 3. The van der Waals surface area contributed by atoms with E-state index in [1.54, 1.807) is 30.3 Å². The van der Waals surface area contributed by atoms with Crippen LogP contribution in [0.5, 0.6) is 5.75 Å². The predicted molar refractivity (Wildman–Crippen MR) is 131 cm³/mol. The number of aryl methyl sites for hydroxylation is 1. The van der Waals surface area contributed by atoms with Gasteiger partial charge >= 0.3 is 0 Å². The minimum atomic E-state index is -0.182. The van der Waals surface area contributed by atoms with Gasteiger partial charge in [-0.05, 0) is 62.4 Å². The summed E-state index contributed by atoms with van der Waals surface area (Å²) >= 11 is 0. The van der Waals surface area contributed by atoms with Gasteiger partial charge in [-0.1, -0.05) is 23.8 Å². The zero-order valence-electron chi connectivity index (χ0n) is 18.9. The number of anilines is 3. The van der Waals surface area contributed by atoms with Crippen LogP contribution >= 0.6 is 0 Å². The van der Waals surface area contributed by atoms with Crippen molar-refractivity contribution in [2.75, 3.05) is 42.3 Å². The molecule has 0 spiro atoms. The van der Waals surface area contributed by atoms with Crippen molar-refractivity contribution in [3.63, 3.8) is 0 Å². The Kier molecular flexibility index (Phi) is 8.85. The average molecular weight is 448 g/mol. The summed E-state index contributed by atoms with van der Waals surface area (Å²) in [6.45, 7) is 5.60. The summed E-state index contributed by atoms with van der Waals surface area (Å²) in [5.41, 5.74) is 3.74. The highest BCUT2D eigenvalue weighted by molar-refractivity contribution is 6.04. The smallest absolute Gasteiger partial charge is 0.255 e. The summed E-state index contributed by atoms with van der Waals surface area (Å²) in [6, 6.07) is 21.9. The fourth-order valence-corrected chi connectivity index (χ4v) is 3.07. The number of carbonyl (C=O) groups is 2. The normalized spacial score (nSPS) is 10.4. The Labute approximate surface area is 194 Å². The summed E-state index contributed by atoms with van der Waals surface area (Å²) in [7, 11) is 0. The van der Waals surface area contributed by atoms with Crippen LogP contribution in [0.3, 0.4) is 0 Å². The minimum Gasteiger partial charge on any atom is -0.491 e. The maximum atomic E-state index is 12.4. The standard InChI is InChI=1S/C26H29N3O4/c1-3-32-14-15-33-24-9-5-8-23(17-24)28-25(30)18-27-21-10-12-22(13-11-21)29-26(31)20-7-4-6-19(2)16-20/h4-13,16-17,27H,3,14-15,18H2,1-2H3,(H,28,30)(H,29,31). The zero-order valence-corrected chi connectivity index (χ0v) is 18.9. The molecule has 172 valence electrons. The van der Waals surface area contributed by atoms with E-state index in [2.05, 4.69) is 16.0 Å². The maximum Gasteiger partial charge on any atom is 0.255 e. The fourth-order valence-electron chi connectivity index (χ4n) is 3.07. The molecule has 0 saturated carbocycles. The third-order valence-corrected chi connectivity index (χ3v) is 4.69. The van der Waals surface area contributed by atoms with Crippen LogP contribution in [-0.4, -0.2) is 38.2 Å². The number of benzene rings is 3. The maximum absolute atomic E-state index is 12.4.